The summed E-state index contributed by atoms with van der Waals surface area (Å²) in [7, 11) is 0. The summed E-state index contributed by atoms with van der Waals surface area (Å²) in [6.45, 7) is 1.16. The monoisotopic (exact) mass is 344 g/mol. The zero-order valence-corrected chi connectivity index (χ0v) is 13.7. The fraction of sp³-hybridized carbons (Fsp3) is 0.316. The lowest BCUT2D eigenvalue weighted by molar-refractivity contribution is -0.122. The van der Waals surface area contributed by atoms with Gasteiger partial charge in [0.1, 0.15) is 6.04 Å². The van der Waals surface area contributed by atoms with Crippen LogP contribution >= 0.6 is 0 Å². The van der Waals surface area contributed by atoms with E-state index in [-0.39, 0.29) is 17.7 Å². The highest BCUT2D eigenvalue weighted by Crippen LogP contribution is 2.28. The van der Waals surface area contributed by atoms with Crippen LogP contribution in [0, 0.1) is 5.82 Å². The molecule has 0 saturated carbocycles. The molecule has 2 aromatic carbocycles. The molecule has 132 valence electrons. The molecule has 1 amide bonds. The molecule has 0 radical (unpaired) electrons. The molecule has 1 aliphatic heterocycles. The minimum Gasteiger partial charge on any atom is -0.505 e. The van der Waals surface area contributed by atoms with Gasteiger partial charge >= 0.3 is 0 Å². The summed E-state index contributed by atoms with van der Waals surface area (Å²) in [4.78, 5) is 14.9. The van der Waals surface area contributed by atoms with Gasteiger partial charge in [-0.15, -0.1) is 0 Å². The quantitative estimate of drug-likeness (QED) is 0.797. The van der Waals surface area contributed by atoms with Gasteiger partial charge in [-0.1, -0.05) is 36.4 Å². The predicted octanol–water partition coefficient (Wildman–Crippen LogP) is 2.67. The largest absolute Gasteiger partial charge is 0.505 e. The number of hydrogen-bond donors (Lipinski definition) is 3. The maximum atomic E-state index is 14.0. The smallest absolute Gasteiger partial charge is 0.246 e. The standard InChI is InChI=1S/C19H21FN2O3/c20-17-15(7-4-8-16(17)24)21-19(25)18(13-5-2-1-3-6-13)22-11-9-14(23)10-12-22/h1-8,14,18,23-24H,9-12H2,(H,21,25)/t18-/m1/s1. The average molecular weight is 344 g/mol. The van der Waals surface area contributed by atoms with Crippen molar-refractivity contribution in [2.45, 2.75) is 25.0 Å². The van der Waals surface area contributed by atoms with Crippen LogP contribution in [0.2, 0.25) is 0 Å². The van der Waals surface area contributed by atoms with E-state index in [0.29, 0.717) is 25.9 Å². The molecule has 1 fully saturated rings. The van der Waals surface area contributed by atoms with Crippen LogP contribution in [0.4, 0.5) is 10.1 Å². The lowest BCUT2D eigenvalue weighted by atomic mass is 9.99. The lowest BCUT2D eigenvalue weighted by Crippen LogP contribution is -2.43. The molecule has 3 rings (SSSR count). The van der Waals surface area contributed by atoms with Gasteiger partial charge in [0.05, 0.1) is 11.8 Å². The van der Waals surface area contributed by atoms with E-state index in [1.54, 1.807) is 0 Å². The molecular weight excluding hydrogens is 323 g/mol. The van der Waals surface area contributed by atoms with Crippen molar-refractivity contribution in [2.24, 2.45) is 0 Å². The Morgan fingerprint density at radius 3 is 2.48 bits per heavy atom. The zero-order chi connectivity index (χ0) is 17.8. The number of piperidine rings is 1. The van der Waals surface area contributed by atoms with Gasteiger partial charge in [-0.25, -0.2) is 4.39 Å². The Balaban J connectivity index is 1.86. The molecule has 6 heteroatoms. The number of aromatic hydroxyl groups is 1. The number of aliphatic hydroxyl groups excluding tert-OH is 1. The van der Waals surface area contributed by atoms with Crippen molar-refractivity contribution >= 4 is 11.6 Å². The van der Waals surface area contributed by atoms with Crippen molar-refractivity contribution in [1.82, 2.24) is 4.90 Å². The first-order valence-electron chi connectivity index (χ1n) is 8.31. The second kappa shape index (κ2) is 7.63. The minimum atomic E-state index is -0.850. The van der Waals surface area contributed by atoms with Crippen LogP contribution in [-0.2, 0) is 4.79 Å². The fourth-order valence-electron chi connectivity index (χ4n) is 3.12. The number of anilines is 1. The summed E-state index contributed by atoms with van der Waals surface area (Å²) in [5.74, 6) is -1.72. The van der Waals surface area contributed by atoms with Crippen LogP contribution in [0.3, 0.4) is 0 Å². The highest BCUT2D eigenvalue weighted by atomic mass is 19.1. The second-order valence-electron chi connectivity index (χ2n) is 6.21. The van der Waals surface area contributed by atoms with Crippen molar-refractivity contribution in [3.8, 4) is 5.75 Å². The molecule has 0 aliphatic carbocycles. The van der Waals surface area contributed by atoms with Gasteiger partial charge in [0.25, 0.3) is 0 Å². The number of carbonyl (C=O) groups excluding carboxylic acids is 1. The Hall–Kier alpha value is -2.44. The third kappa shape index (κ3) is 3.97. The van der Waals surface area contributed by atoms with E-state index in [9.17, 15) is 19.4 Å². The Morgan fingerprint density at radius 2 is 1.80 bits per heavy atom. The summed E-state index contributed by atoms with van der Waals surface area (Å²) >= 11 is 0. The number of hydrogen-bond acceptors (Lipinski definition) is 4. The Kier molecular flexibility index (Phi) is 5.31. The van der Waals surface area contributed by atoms with E-state index in [1.165, 1.54) is 18.2 Å². The third-order valence-corrected chi connectivity index (χ3v) is 4.46. The number of likely N-dealkylation sites (tertiary alicyclic amines) is 1. The van der Waals surface area contributed by atoms with Crippen LogP contribution < -0.4 is 5.32 Å². The normalized spacial score (nSPS) is 17.2. The number of amides is 1. The molecule has 0 bridgehead atoms. The minimum absolute atomic E-state index is 0.0528. The molecule has 0 spiro atoms. The number of phenols is 1. The van der Waals surface area contributed by atoms with Crippen molar-refractivity contribution in [3.63, 3.8) is 0 Å². The number of benzene rings is 2. The summed E-state index contributed by atoms with van der Waals surface area (Å²) in [6.07, 6.45) is 0.841. The molecule has 1 atom stereocenters. The average Bonchev–Trinajstić information content (AvgIpc) is 2.62. The van der Waals surface area contributed by atoms with E-state index in [2.05, 4.69) is 5.32 Å². The van der Waals surface area contributed by atoms with Gasteiger partial charge in [0, 0.05) is 13.1 Å². The maximum absolute atomic E-state index is 14.0. The second-order valence-corrected chi connectivity index (χ2v) is 6.21. The molecule has 1 aliphatic rings. The van der Waals surface area contributed by atoms with Crippen molar-refractivity contribution < 1.29 is 19.4 Å². The van der Waals surface area contributed by atoms with Gasteiger partial charge in [-0.2, -0.15) is 0 Å². The van der Waals surface area contributed by atoms with Crippen LogP contribution in [0.15, 0.2) is 48.5 Å². The molecule has 25 heavy (non-hydrogen) atoms. The molecule has 1 saturated heterocycles. The molecule has 2 aromatic rings. The van der Waals surface area contributed by atoms with Gasteiger partial charge in [0.15, 0.2) is 11.6 Å². The fourth-order valence-corrected chi connectivity index (χ4v) is 3.12. The summed E-state index contributed by atoms with van der Waals surface area (Å²) in [5.41, 5.74) is 0.750. The number of phenolic OH excluding ortho intramolecular Hbond substituents is 1. The van der Waals surface area contributed by atoms with Crippen LogP contribution in [-0.4, -0.2) is 40.2 Å². The van der Waals surface area contributed by atoms with Crippen molar-refractivity contribution in [2.75, 3.05) is 18.4 Å². The topological polar surface area (TPSA) is 72.8 Å². The number of carbonyl (C=O) groups is 1. The van der Waals surface area contributed by atoms with Crippen molar-refractivity contribution in [1.29, 1.82) is 0 Å². The third-order valence-electron chi connectivity index (χ3n) is 4.46. The highest BCUT2D eigenvalue weighted by molar-refractivity contribution is 5.95. The van der Waals surface area contributed by atoms with Gasteiger partial charge < -0.3 is 15.5 Å². The summed E-state index contributed by atoms with van der Waals surface area (Å²) < 4.78 is 14.0. The van der Waals surface area contributed by atoms with E-state index in [1.807, 2.05) is 35.2 Å². The van der Waals surface area contributed by atoms with E-state index >= 15 is 0 Å². The first kappa shape index (κ1) is 17.4. The number of nitrogens with one attached hydrogen (secondary N) is 1. The maximum Gasteiger partial charge on any atom is 0.246 e. The van der Waals surface area contributed by atoms with Crippen LogP contribution in [0.5, 0.6) is 5.75 Å². The summed E-state index contributed by atoms with van der Waals surface area (Å²) in [6, 6.07) is 12.8. The number of rotatable bonds is 4. The SMILES string of the molecule is O=C(Nc1cccc(O)c1F)[C@@H](c1ccccc1)N1CCC(O)CC1. The molecule has 1 heterocycles. The van der Waals surface area contributed by atoms with Gasteiger partial charge in [-0.05, 0) is 30.5 Å². The zero-order valence-electron chi connectivity index (χ0n) is 13.7. The highest BCUT2D eigenvalue weighted by Gasteiger charge is 2.31. The Bertz CT molecular complexity index is 731. The van der Waals surface area contributed by atoms with Crippen LogP contribution in [0.1, 0.15) is 24.4 Å². The molecule has 0 aromatic heterocycles. The van der Waals surface area contributed by atoms with Crippen molar-refractivity contribution in [3.05, 3.63) is 59.9 Å². The number of halogens is 1. The van der Waals surface area contributed by atoms with E-state index < -0.39 is 17.6 Å². The Morgan fingerprint density at radius 1 is 1.12 bits per heavy atom. The molecule has 5 nitrogen and oxygen atoms in total. The molecular formula is C19H21FN2O3. The first-order valence-corrected chi connectivity index (χ1v) is 8.31. The van der Waals surface area contributed by atoms with E-state index in [0.717, 1.165) is 5.56 Å². The lowest BCUT2D eigenvalue weighted by Gasteiger charge is -2.35. The molecule has 3 N–H and O–H groups in total. The van der Waals surface area contributed by atoms with Gasteiger partial charge in [0.2, 0.25) is 5.91 Å². The van der Waals surface area contributed by atoms with E-state index in [4.69, 9.17) is 0 Å². The Labute approximate surface area is 145 Å². The van der Waals surface area contributed by atoms with Crippen LogP contribution in [0.25, 0.3) is 0 Å². The predicted molar refractivity (Wildman–Crippen MR) is 92.7 cm³/mol. The van der Waals surface area contributed by atoms with Gasteiger partial charge in [-0.3, -0.25) is 9.69 Å². The number of aliphatic hydroxyl groups is 1. The number of nitrogens with zero attached hydrogens (tertiary/aromatic N) is 1. The molecule has 0 unspecified atom stereocenters. The summed E-state index contributed by atoms with van der Waals surface area (Å²) in [5, 5.41) is 21.8. The first-order chi connectivity index (χ1) is 12.1.